The van der Waals surface area contributed by atoms with Gasteiger partial charge in [-0.25, -0.2) is 9.97 Å². The van der Waals surface area contributed by atoms with Crippen LogP contribution in [0.25, 0.3) is 0 Å². The highest BCUT2D eigenvalue weighted by atomic mass is 16.5. The van der Waals surface area contributed by atoms with E-state index in [9.17, 15) is 0 Å². The number of aryl methyl sites for hydroxylation is 1. The molecule has 0 saturated heterocycles. The number of rotatable bonds is 6. The molecule has 0 fully saturated rings. The number of ether oxygens (including phenoxy) is 1. The Hall–Kier alpha value is -2.45. The minimum absolute atomic E-state index is 0.368. The monoisotopic (exact) mass is 282 g/mol. The number of aromatic nitrogens is 2. The van der Waals surface area contributed by atoms with Gasteiger partial charge >= 0.3 is 0 Å². The molecule has 0 spiro atoms. The lowest BCUT2D eigenvalue weighted by atomic mass is 10.1. The summed E-state index contributed by atoms with van der Waals surface area (Å²) in [6.45, 7) is 5.69. The second kappa shape index (κ2) is 7.36. The van der Waals surface area contributed by atoms with Crippen molar-refractivity contribution in [3.8, 4) is 6.07 Å². The first-order valence-corrected chi connectivity index (χ1v) is 6.87. The molecular formula is C16H18N4O. The van der Waals surface area contributed by atoms with Crippen LogP contribution in [-0.4, -0.2) is 16.6 Å². The Bertz CT molecular complexity index is 649. The summed E-state index contributed by atoms with van der Waals surface area (Å²) in [5, 5.41) is 12.1. The van der Waals surface area contributed by atoms with Gasteiger partial charge in [0.25, 0.3) is 0 Å². The lowest BCUT2D eigenvalue weighted by Crippen LogP contribution is -2.08. The average molecular weight is 282 g/mol. The van der Waals surface area contributed by atoms with Crippen LogP contribution in [0.4, 0.5) is 5.95 Å². The van der Waals surface area contributed by atoms with Crippen LogP contribution in [0.1, 0.15) is 29.4 Å². The standard InChI is InChI=1S/C16H18N4O/c1-3-21-11-14-7-5-4-6-13(14)10-18-16-19-12(2)8-15(9-17)20-16/h4-8H,3,10-11H2,1-2H3,(H,18,19,20). The Balaban J connectivity index is 2.09. The van der Waals surface area contributed by atoms with Crippen LogP contribution in [0.2, 0.25) is 0 Å². The number of hydrogen-bond donors (Lipinski definition) is 1. The first-order valence-electron chi connectivity index (χ1n) is 6.87. The Morgan fingerprint density at radius 2 is 2.00 bits per heavy atom. The van der Waals surface area contributed by atoms with Crippen molar-refractivity contribution in [3.63, 3.8) is 0 Å². The molecule has 0 unspecified atom stereocenters. The molecule has 5 heteroatoms. The molecule has 2 rings (SSSR count). The number of benzene rings is 1. The fourth-order valence-corrected chi connectivity index (χ4v) is 1.96. The molecule has 0 bridgehead atoms. The van der Waals surface area contributed by atoms with E-state index in [0.717, 1.165) is 16.8 Å². The van der Waals surface area contributed by atoms with Gasteiger partial charge in [-0.15, -0.1) is 0 Å². The molecule has 1 heterocycles. The van der Waals surface area contributed by atoms with E-state index < -0.39 is 0 Å². The van der Waals surface area contributed by atoms with Gasteiger partial charge in [0.15, 0.2) is 0 Å². The van der Waals surface area contributed by atoms with Crippen LogP contribution in [0, 0.1) is 18.3 Å². The minimum Gasteiger partial charge on any atom is -0.377 e. The number of nitriles is 1. The fourth-order valence-electron chi connectivity index (χ4n) is 1.96. The molecule has 0 amide bonds. The predicted molar refractivity (Wildman–Crippen MR) is 80.6 cm³/mol. The number of nitrogens with one attached hydrogen (secondary N) is 1. The van der Waals surface area contributed by atoms with Crippen molar-refractivity contribution in [2.45, 2.75) is 27.0 Å². The van der Waals surface area contributed by atoms with E-state index in [0.29, 0.717) is 31.4 Å². The van der Waals surface area contributed by atoms with Crippen molar-refractivity contribution in [2.75, 3.05) is 11.9 Å². The summed E-state index contributed by atoms with van der Waals surface area (Å²) < 4.78 is 5.47. The summed E-state index contributed by atoms with van der Waals surface area (Å²) in [7, 11) is 0. The summed E-state index contributed by atoms with van der Waals surface area (Å²) in [5.41, 5.74) is 3.41. The molecule has 1 aromatic carbocycles. The van der Waals surface area contributed by atoms with Crippen LogP contribution in [0.3, 0.4) is 0 Å². The molecule has 0 aliphatic rings. The highest BCUT2D eigenvalue weighted by Gasteiger charge is 2.05. The van der Waals surface area contributed by atoms with Gasteiger partial charge in [-0.05, 0) is 31.0 Å². The van der Waals surface area contributed by atoms with Crippen molar-refractivity contribution >= 4 is 5.95 Å². The normalized spacial score (nSPS) is 10.1. The van der Waals surface area contributed by atoms with Gasteiger partial charge in [0.2, 0.25) is 5.95 Å². The first-order chi connectivity index (χ1) is 10.2. The summed E-state index contributed by atoms with van der Waals surface area (Å²) >= 11 is 0. The zero-order valence-corrected chi connectivity index (χ0v) is 12.3. The van der Waals surface area contributed by atoms with Crippen molar-refractivity contribution in [3.05, 3.63) is 52.8 Å². The predicted octanol–water partition coefficient (Wildman–Crippen LogP) is 2.81. The number of nitrogens with zero attached hydrogens (tertiary/aromatic N) is 3. The Morgan fingerprint density at radius 1 is 1.24 bits per heavy atom. The smallest absolute Gasteiger partial charge is 0.224 e. The molecule has 2 aromatic rings. The molecule has 0 saturated carbocycles. The van der Waals surface area contributed by atoms with Crippen LogP contribution in [0.15, 0.2) is 30.3 Å². The summed E-state index contributed by atoms with van der Waals surface area (Å²) in [6.07, 6.45) is 0. The maximum Gasteiger partial charge on any atom is 0.224 e. The molecule has 1 N–H and O–H groups in total. The van der Waals surface area contributed by atoms with E-state index in [4.69, 9.17) is 10.00 Å². The first kappa shape index (κ1) is 14.9. The van der Waals surface area contributed by atoms with Crippen LogP contribution in [-0.2, 0) is 17.9 Å². The SMILES string of the molecule is CCOCc1ccccc1CNc1nc(C)cc(C#N)n1. The van der Waals surface area contributed by atoms with E-state index in [1.807, 2.05) is 44.2 Å². The number of anilines is 1. The molecule has 0 atom stereocenters. The molecule has 1 aromatic heterocycles. The van der Waals surface area contributed by atoms with Gasteiger partial charge in [0.05, 0.1) is 6.61 Å². The van der Waals surface area contributed by atoms with Gasteiger partial charge < -0.3 is 10.1 Å². The summed E-state index contributed by atoms with van der Waals surface area (Å²) in [6, 6.07) is 11.8. The van der Waals surface area contributed by atoms with E-state index in [1.165, 1.54) is 0 Å². The maximum atomic E-state index is 8.93. The average Bonchev–Trinajstić information content (AvgIpc) is 2.51. The maximum absolute atomic E-state index is 8.93. The third-order valence-electron chi connectivity index (χ3n) is 2.99. The molecule has 0 radical (unpaired) electrons. The van der Waals surface area contributed by atoms with Crippen molar-refractivity contribution in [1.29, 1.82) is 5.26 Å². The van der Waals surface area contributed by atoms with E-state index in [1.54, 1.807) is 6.07 Å². The Morgan fingerprint density at radius 3 is 2.71 bits per heavy atom. The third-order valence-corrected chi connectivity index (χ3v) is 2.99. The molecule has 5 nitrogen and oxygen atoms in total. The van der Waals surface area contributed by atoms with E-state index >= 15 is 0 Å². The number of hydrogen-bond acceptors (Lipinski definition) is 5. The van der Waals surface area contributed by atoms with E-state index in [2.05, 4.69) is 15.3 Å². The summed E-state index contributed by atoms with van der Waals surface area (Å²) in [4.78, 5) is 8.43. The fraction of sp³-hybridized carbons (Fsp3) is 0.312. The lowest BCUT2D eigenvalue weighted by molar-refractivity contribution is 0.133. The second-order valence-corrected chi connectivity index (χ2v) is 4.59. The molecule has 108 valence electrons. The van der Waals surface area contributed by atoms with Gasteiger partial charge in [0.1, 0.15) is 11.8 Å². The molecule has 0 aliphatic carbocycles. The van der Waals surface area contributed by atoms with Gasteiger partial charge in [-0.1, -0.05) is 24.3 Å². The third kappa shape index (κ3) is 4.26. The van der Waals surface area contributed by atoms with Crippen molar-refractivity contribution in [2.24, 2.45) is 0 Å². The highest BCUT2D eigenvalue weighted by Crippen LogP contribution is 2.12. The van der Waals surface area contributed by atoms with Gasteiger partial charge in [-0.3, -0.25) is 0 Å². The highest BCUT2D eigenvalue weighted by molar-refractivity contribution is 5.35. The van der Waals surface area contributed by atoms with E-state index in [-0.39, 0.29) is 0 Å². The molecular weight excluding hydrogens is 264 g/mol. The molecule has 0 aliphatic heterocycles. The zero-order chi connectivity index (χ0) is 15.1. The second-order valence-electron chi connectivity index (χ2n) is 4.59. The van der Waals surface area contributed by atoms with Crippen LogP contribution in [0.5, 0.6) is 0 Å². The topological polar surface area (TPSA) is 70.8 Å². The summed E-state index contributed by atoms with van der Waals surface area (Å²) in [5.74, 6) is 0.470. The zero-order valence-electron chi connectivity index (χ0n) is 12.3. The van der Waals surface area contributed by atoms with Gasteiger partial charge in [-0.2, -0.15) is 5.26 Å². The van der Waals surface area contributed by atoms with Crippen LogP contribution < -0.4 is 5.32 Å². The quantitative estimate of drug-likeness (QED) is 0.882. The Labute approximate surface area is 124 Å². The minimum atomic E-state index is 0.368. The Kier molecular flexibility index (Phi) is 5.24. The largest absolute Gasteiger partial charge is 0.377 e. The van der Waals surface area contributed by atoms with Gasteiger partial charge in [0, 0.05) is 18.8 Å². The van der Waals surface area contributed by atoms with Crippen molar-refractivity contribution in [1.82, 2.24) is 9.97 Å². The van der Waals surface area contributed by atoms with Crippen LogP contribution >= 0.6 is 0 Å². The lowest BCUT2D eigenvalue weighted by Gasteiger charge is -2.11. The molecule has 21 heavy (non-hydrogen) atoms. The van der Waals surface area contributed by atoms with Crippen molar-refractivity contribution < 1.29 is 4.74 Å².